The van der Waals surface area contributed by atoms with E-state index in [2.05, 4.69) is 6.92 Å². The molecule has 1 aromatic carbocycles. The van der Waals surface area contributed by atoms with Crippen LogP contribution in [0.1, 0.15) is 58.3 Å². The van der Waals surface area contributed by atoms with Crippen molar-refractivity contribution in [3.8, 4) is 5.75 Å². The van der Waals surface area contributed by atoms with Gasteiger partial charge in [0.1, 0.15) is 10.0 Å². The standard InChI is InChI=1S/C18H22Cl4O4/c1-2-3-4-7-10-25-14(23)8-5-6-9-15(24)26-18-16(21)12(19)11-13(20)17(18)22/h11H,2-10H2,1H3. The molecule has 0 unspecified atom stereocenters. The molecule has 0 aliphatic rings. The van der Waals surface area contributed by atoms with Gasteiger partial charge in [-0.1, -0.05) is 72.6 Å². The van der Waals surface area contributed by atoms with Crippen molar-refractivity contribution in [2.24, 2.45) is 0 Å². The number of hydrogen-bond acceptors (Lipinski definition) is 4. The highest BCUT2D eigenvalue weighted by Crippen LogP contribution is 2.42. The van der Waals surface area contributed by atoms with Gasteiger partial charge in [-0.15, -0.1) is 0 Å². The Hall–Kier alpha value is -0.680. The van der Waals surface area contributed by atoms with Crippen LogP contribution >= 0.6 is 46.4 Å². The Bertz CT molecular complexity index is 593. The molecule has 1 rings (SSSR count). The first kappa shape index (κ1) is 23.4. The fraction of sp³-hybridized carbons (Fsp3) is 0.556. The minimum Gasteiger partial charge on any atom is -0.466 e. The number of ether oxygens (including phenoxy) is 2. The molecule has 0 heterocycles. The molecule has 0 saturated carbocycles. The van der Waals surface area contributed by atoms with Gasteiger partial charge in [0.05, 0.1) is 16.7 Å². The Labute approximate surface area is 174 Å². The maximum absolute atomic E-state index is 11.9. The maximum Gasteiger partial charge on any atom is 0.311 e. The van der Waals surface area contributed by atoms with E-state index in [1.54, 1.807) is 0 Å². The van der Waals surface area contributed by atoms with E-state index in [9.17, 15) is 9.59 Å². The number of esters is 2. The molecule has 0 saturated heterocycles. The zero-order valence-corrected chi connectivity index (χ0v) is 17.6. The highest BCUT2D eigenvalue weighted by atomic mass is 35.5. The average Bonchev–Trinajstić information content (AvgIpc) is 2.60. The van der Waals surface area contributed by atoms with Crippen LogP contribution in [0.4, 0.5) is 0 Å². The molecule has 0 spiro atoms. The van der Waals surface area contributed by atoms with E-state index in [4.69, 9.17) is 55.9 Å². The second-order valence-corrected chi connectivity index (χ2v) is 7.33. The van der Waals surface area contributed by atoms with Gasteiger partial charge in [-0.2, -0.15) is 0 Å². The number of hydrogen-bond donors (Lipinski definition) is 0. The summed E-state index contributed by atoms with van der Waals surface area (Å²) in [5, 5.41) is 0.346. The molecule has 0 aliphatic heterocycles. The van der Waals surface area contributed by atoms with Crippen LogP contribution in [0, 0.1) is 0 Å². The number of rotatable bonds is 11. The first-order valence-corrected chi connectivity index (χ1v) is 10.1. The summed E-state index contributed by atoms with van der Waals surface area (Å²) in [6, 6.07) is 1.37. The summed E-state index contributed by atoms with van der Waals surface area (Å²) >= 11 is 23.7. The lowest BCUT2D eigenvalue weighted by Gasteiger charge is -2.10. The van der Waals surface area contributed by atoms with Gasteiger partial charge in [-0.3, -0.25) is 9.59 Å². The van der Waals surface area contributed by atoms with Crippen molar-refractivity contribution in [1.82, 2.24) is 0 Å². The molecule has 146 valence electrons. The van der Waals surface area contributed by atoms with Crippen LogP contribution in [0.3, 0.4) is 0 Å². The van der Waals surface area contributed by atoms with Crippen LogP contribution in [0.2, 0.25) is 20.1 Å². The molecule has 8 heteroatoms. The Balaban J connectivity index is 2.28. The summed E-state index contributed by atoms with van der Waals surface area (Å²) in [5.41, 5.74) is 0. The minimum absolute atomic E-state index is 0.0288. The summed E-state index contributed by atoms with van der Waals surface area (Å²) in [5.74, 6) is -0.829. The normalized spacial score (nSPS) is 10.7. The SMILES string of the molecule is CCCCCCOC(=O)CCCCC(=O)Oc1c(Cl)c(Cl)cc(Cl)c1Cl. The molecule has 0 N–H and O–H groups in total. The lowest BCUT2D eigenvalue weighted by Crippen LogP contribution is -2.10. The highest BCUT2D eigenvalue weighted by molar-refractivity contribution is 6.48. The number of benzene rings is 1. The van der Waals surface area contributed by atoms with Crippen LogP contribution in [-0.2, 0) is 14.3 Å². The Morgan fingerprint density at radius 2 is 1.42 bits per heavy atom. The van der Waals surface area contributed by atoms with Gasteiger partial charge in [0.25, 0.3) is 0 Å². The lowest BCUT2D eigenvalue weighted by molar-refractivity contribution is -0.144. The third kappa shape index (κ3) is 8.34. The second-order valence-electron chi connectivity index (χ2n) is 5.76. The monoisotopic (exact) mass is 442 g/mol. The van der Waals surface area contributed by atoms with Crippen LogP contribution in [0.5, 0.6) is 5.75 Å². The zero-order chi connectivity index (χ0) is 19.5. The van der Waals surface area contributed by atoms with Crippen molar-refractivity contribution in [3.63, 3.8) is 0 Å². The molecule has 0 aromatic heterocycles. The largest absolute Gasteiger partial charge is 0.466 e. The summed E-state index contributed by atoms with van der Waals surface area (Å²) in [6.45, 7) is 2.58. The average molecular weight is 444 g/mol. The molecular weight excluding hydrogens is 422 g/mol. The molecule has 0 fully saturated rings. The quantitative estimate of drug-likeness (QED) is 0.161. The fourth-order valence-corrected chi connectivity index (χ4v) is 3.00. The summed E-state index contributed by atoms with van der Waals surface area (Å²) in [6.07, 6.45) is 5.62. The van der Waals surface area contributed by atoms with E-state index >= 15 is 0 Å². The molecule has 0 radical (unpaired) electrons. The third-order valence-electron chi connectivity index (χ3n) is 3.56. The van der Waals surface area contributed by atoms with E-state index in [1.807, 2.05) is 0 Å². The predicted octanol–water partition coefficient (Wildman–Crippen LogP) is 6.89. The van der Waals surface area contributed by atoms with Crippen LogP contribution in [0.25, 0.3) is 0 Å². The predicted molar refractivity (Wildman–Crippen MR) is 106 cm³/mol. The van der Waals surface area contributed by atoms with Crippen molar-refractivity contribution >= 4 is 58.3 Å². The van der Waals surface area contributed by atoms with Gasteiger partial charge in [-0.25, -0.2) is 0 Å². The maximum atomic E-state index is 11.9. The van der Waals surface area contributed by atoms with E-state index < -0.39 is 5.97 Å². The van der Waals surface area contributed by atoms with Crippen molar-refractivity contribution < 1.29 is 19.1 Å². The van der Waals surface area contributed by atoms with Gasteiger partial charge < -0.3 is 9.47 Å². The summed E-state index contributed by atoms with van der Waals surface area (Å²) in [7, 11) is 0. The van der Waals surface area contributed by atoms with Crippen molar-refractivity contribution in [1.29, 1.82) is 0 Å². The van der Waals surface area contributed by atoms with Crippen LogP contribution in [-0.4, -0.2) is 18.5 Å². The van der Waals surface area contributed by atoms with Crippen molar-refractivity contribution in [2.75, 3.05) is 6.61 Å². The van der Waals surface area contributed by atoms with Gasteiger partial charge in [0, 0.05) is 12.8 Å². The smallest absolute Gasteiger partial charge is 0.311 e. The number of carbonyl (C=O) groups is 2. The Morgan fingerprint density at radius 1 is 0.846 bits per heavy atom. The van der Waals surface area contributed by atoms with Gasteiger partial charge >= 0.3 is 11.9 Å². The third-order valence-corrected chi connectivity index (χ3v) is 5.10. The first-order chi connectivity index (χ1) is 12.4. The van der Waals surface area contributed by atoms with Crippen LogP contribution < -0.4 is 4.74 Å². The van der Waals surface area contributed by atoms with Gasteiger partial charge in [0.2, 0.25) is 0 Å². The molecular formula is C18H22Cl4O4. The topological polar surface area (TPSA) is 52.6 Å². The lowest BCUT2D eigenvalue weighted by atomic mass is 10.2. The second kappa shape index (κ2) is 12.7. The molecule has 0 bridgehead atoms. The number of carbonyl (C=O) groups excluding carboxylic acids is 2. The number of halogens is 4. The van der Waals surface area contributed by atoms with E-state index in [1.165, 1.54) is 6.07 Å². The Kier molecular flexibility index (Phi) is 11.4. The molecule has 4 nitrogen and oxygen atoms in total. The number of unbranched alkanes of at least 4 members (excludes halogenated alkanes) is 4. The molecule has 0 atom stereocenters. The summed E-state index contributed by atoms with van der Waals surface area (Å²) in [4.78, 5) is 23.5. The van der Waals surface area contributed by atoms with Crippen molar-refractivity contribution in [2.45, 2.75) is 58.3 Å². The van der Waals surface area contributed by atoms with Crippen molar-refractivity contribution in [3.05, 3.63) is 26.2 Å². The molecule has 0 amide bonds. The minimum atomic E-state index is -0.528. The molecule has 26 heavy (non-hydrogen) atoms. The van der Waals surface area contributed by atoms with E-state index in [-0.39, 0.29) is 44.7 Å². The Morgan fingerprint density at radius 3 is 2.00 bits per heavy atom. The van der Waals surface area contributed by atoms with E-state index in [0.29, 0.717) is 19.4 Å². The molecule has 0 aliphatic carbocycles. The van der Waals surface area contributed by atoms with E-state index in [0.717, 1.165) is 25.7 Å². The first-order valence-electron chi connectivity index (χ1n) is 8.56. The van der Waals surface area contributed by atoms with Gasteiger partial charge in [0.15, 0.2) is 5.75 Å². The summed E-state index contributed by atoms with van der Waals surface area (Å²) < 4.78 is 10.3. The van der Waals surface area contributed by atoms with Gasteiger partial charge in [-0.05, 0) is 25.3 Å². The highest BCUT2D eigenvalue weighted by Gasteiger charge is 2.18. The molecule has 1 aromatic rings. The zero-order valence-electron chi connectivity index (χ0n) is 14.6. The van der Waals surface area contributed by atoms with Crippen LogP contribution in [0.15, 0.2) is 6.07 Å². The fourth-order valence-electron chi connectivity index (χ4n) is 2.13.